The maximum atomic E-state index is 13.6. The molecule has 0 bridgehead atoms. The Balaban J connectivity index is 1.16. The number of nitrogens with one attached hydrogen (secondary N) is 1. The summed E-state index contributed by atoms with van der Waals surface area (Å²) in [5, 5.41) is 54.5. The standard InChI is InChI=1S/C32H34ClN7O12S2/c1-12-16(10-40(2)8-13-6-38(7-14(13)9-40)27(46)15-3-4-18(41)25(44)21(15)33)24(31(50)51)39-28(47)23(29(39)54-12)36-26(45)22(17-11-53-32(34)35-17)37-52-19(30(48)49)5-20(42)43/h3-4,11-14,19,23,29H,5-10H2,1-2H3,(H7-,34,35,36,37,41,42,43,44,45,46,48,49,50,51)/p+1/t12-,13-,14+,19-,23+,29+,40?/m0/s1. The molecule has 4 aliphatic rings. The summed E-state index contributed by atoms with van der Waals surface area (Å²) in [6.45, 7) is 4.19. The zero-order valence-corrected chi connectivity index (χ0v) is 30.9. The van der Waals surface area contributed by atoms with Crippen molar-refractivity contribution in [1.29, 1.82) is 0 Å². The molecule has 4 aliphatic heterocycles. The van der Waals surface area contributed by atoms with E-state index in [0.29, 0.717) is 42.8 Å². The highest BCUT2D eigenvalue weighted by Gasteiger charge is 2.57. The van der Waals surface area contributed by atoms with E-state index in [-0.39, 0.29) is 44.9 Å². The number of likely N-dealkylation sites (tertiary alicyclic amines) is 2. The number of halogens is 1. The SMILES string of the molecule is C[C@@H]1S[C@@H]2[C@H](NC(=O)/C(=N\O[C@@H](CC(=O)O)C(=O)O)c3csc(N)n3)C(=O)N2C(C(=O)O)=C1C[N+]1(C)C[C@H]2CN(C(=O)c3ccc(O)c(O)c3Cl)C[C@H]2C1. The number of benzene rings is 1. The van der Waals surface area contributed by atoms with Crippen LogP contribution in [0.25, 0.3) is 0 Å². The lowest BCUT2D eigenvalue weighted by atomic mass is 9.99. The molecular weight excluding hydrogens is 774 g/mol. The van der Waals surface area contributed by atoms with E-state index in [1.807, 2.05) is 14.0 Å². The van der Waals surface area contributed by atoms with Crippen molar-refractivity contribution in [1.82, 2.24) is 20.1 Å². The lowest BCUT2D eigenvalue weighted by Gasteiger charge is -2.51. The van der Waals surface area contributed by atoms with Gasteiger partial charge in [-0.1, -0.05) is 16.8 Å². The summed E-state index contributed by atoms with van der Waals surface area (Å²) in [6.07, 6.45) is -2.91. The molecule has 19 nitrogen and oxygen atoms in total. The number of thioether (sulfide) groups is 1. The van der Waals surface area contributed by atoms with E-state index in [4.69, 9.17) is 27.3 Å². The Bertz CT molecular complexity index is 2010. The van der Waals surface area contributed by atoms with Gasteiger partial charge >= 0.3 is 17.9 Å². The number of anilines is 1. The molecule has 5 heterocycles. The lowest BCUT2D eigenvalue weighted by molar-refractivity contribution is -0.896. The molecule has 7 atom stereocenters. The maximum absolute atomic E-state index is 13.6. The Morgan fingerprint density at radius 2 is 1.81 bits per heavy atom. The average molecular weight is 809 g/mol. The Morgan fingerprint density at radius 3 is 2.39 bits per heavy atom. The quantitative estimate of drug-likeness (QED) is 0.0503. The number of hydrogen-bond donors (Lipinski definition) is 7. The molecule has 54 heavy (non-hydrogen) atoms. The summed E-state index contributed by atoms with van der Waals surface area (Å²) < 4.78 is 0.456. The molecule has 0 aliphatic carbocycles. The number of fused-ring (bicyclic) bond motifs is 2. The number of nitrogens with two attached hydrogens (primary N) is 1. The smallest absolute Gasteiger partial charge is 0.352 e. The summed E-state index contributed by atoms with van der Waals surface area (Å²) in [5.74, 6) is -7.38. The van der Waals surface area contributed by atoms with E-state index >= 15 is 0 Å². The number of β-lactam (4-membered cyclic amide) rings is 1. The monoisotopic (exact) mass is 808 g/mol. The first kappa shape index (κ1) is 38.6. The van der Waals surface area contributed by atoms with Gasteiger partial charge in [0.2, 0.25) is 6.10 Å². The van der Waals surface area contributed by atoms with Crippen LogP contribution in [0.15, 0.2) is 33.9 Å². The zero-order valence-electron chi connectivity index (χ0n) is 28.5. The third kappa shape index (κ3) is 7.22. The van der Waals surface area contributed by atoms with E-state index in [1.165, 1.54) is 29.3 Å². The first-order valence-electron chi connectivity index (χ1n) is 16.4. The second-order valence-electron chi connectivity index (χ2n) is 13.7. The van der Waals surface area contributed by atoms with Crippen molar-refractivity contribution in [2.45, 2.75) is 36.1 Å². The molecule has 6 rings (SSSR count). The van der Waals surface area contributed by atoms with Crippen molar-refractivity contribution >= 4 is 81.2 Å². The van der Waals surface area contributed by atoms with E-state index in [9.17, 15) is 49.2 Å². The van der Waals surface area contributed by atoms with Crippen molar-refractivity contribution in [2.24, 2.45) is 17.0 Å². The second-order valence-corrected chi connectivity index (χ2v) is 16.4. The summed E-state index contributed by atoms with van der Waals surface area (Å²) in [4.78, 5) is 87.3. The number of rotatable bonds is 12. The Morgan fingerprint density at radius 1 is 1.15 bits per heavy atom. The van der Waals surface area contributed by atoms with Crippen LogP contribution in [-0.4, -0.2) is 149 Å². The number of phenolic OH excluding ortho intramolecular Hbond substituents is 2. The fourth-order valence-electron chi connectivity index (χ4n) is 7.47. The highest BCUT2D eigenvalue weighted by Crippen LogP contribution is 2.46. The lowest BCUT2D eigenvalue weighted by Crippen LogP contribution is -2.71. The van der Waals surface area contributed by atoms with Crippen LogP contribution in [0.1, 0.15) is 29.4 Å². The van der Waals surface area contributed by atoms with E-state index in [1.54, 1.807) is 4.90 Å². The van der Waals surface area contributed by atoms with Gasteiger partial charge in [-0.25, -0.2) is 14.6 Å². The molecule has 22 heteroatoms. The number of carbonyl (C=O) groups excluding carboxylic acids is 3. The van der Waals surface area contributed by atoms with Crippen LogP contribution < -0.4 is 11.1 Å². The van der Waals surface area contributed by atoms with Crippen LogP contribution in [0.3, 0.4) is 0 Å². The molecule has 3 saturated heterocycles. The van der Waals surface area contributed by atoms with E-state index < -0.39 is 76.1 Å². The first-order chi connectivity index (χ1) is 25.4. The van der Waals surface area contributed by atoms with Crippen molar-refractivity contribution in [3.8, 4) is 11.5 Å². The number of oxime groups is 1. The van der Waals surface area contributed by atoms with Gasteiger partial charge < -0.3 is 50.8 Å². The number of nitrogens with zero attached hydrogens (tertiary/aromatic N) is 5. The molecular formula is C32H35ClN7O12S2+. The first-order valence-corrected chi connectivity index (χ1v) is 18.6. The van der Waals surface area contributed by atoms with Crippen LogP contribution in [0, 0.1) is 11.8 Å². The molecule has 0 saturated carbocycles. The van der Waals surface area contributed by atoms with E-state index in [2.05, 4.69) is 15.5 Å². The number of likely N-dealkylation sites (N-methyl/N-ethyl adjacent to an activating group) is 1. The number of hydrogen-bond acceptors (Lipinski definition) is 14. The Labute approximate surface area is 319 Å². The third-order valence-corrected chi connectivity index (χ3v) is 12.4. The Hall–Kier alpha value is -5.12. The molecule has 1 aromatic heterocycles. The molecule has 2 aromatic rings. The fourth-order valence-corrected chi connectivity index (χ4v) is 9.70. The number of phenols is 2. The molecule has 288 valence electrons. The molecule has 3 fully saturated rings. The van der Waals surface area contributed by atoms with Gasteiger partial charge in [-0.2, -0.15) is 0 Å². The molecule has 0 radical (unpaired) electrons. The van der Waals surface area contributed by atoms with Crippen LogP contribution >= 0.6 is 34.7 Å². The molecule has 1 unspecified atom stereocenters. The van der Waals surface area contributed by atoms with Crippen LogP contribution in [0.2, 0.25) is 5.02 Å². The summed E-state index contributed by atoms with van der Waals surface area (Å²) in [5.41, 5.74) is 5.43. The molecule has 3 amide bonds. The van der Waals surface area contributed by atoms with Gasteiger partial charge in [0.25, 0.3) is 17.7 Å². The van der Waals surface area contributed by atoms with Gasteiger partial charge in [-0.15, -0.1) is 23.1 Å². The predicted octanol–water partition coefficient (Wildman–Crippen LogP) is 0.414. The number of carboxylic acid groups (broad SMARTS) is 3. The fraction of sp³-hybridized carbons (Fsp3) is 0.438. The maximum Gasteiger partial charge on any atom is 0.352 e. The van der Waals surface area contributed by atoms with Crippen LogP contribution in [0.5, 0.6) is 11.5 Å². The third-order valence-electron chi connectivity index (χ3n) is 9.89. The highest BCUT2D eigenvalue weighted by atomic mass is 35.5. The summed E-state index contributed by atoms with van der Waals surface area (Å²) in [6, 6.07) is 1.35. The van der Waals surface area contributed by atoms with Crippen molar-refractivity contribution in [3.05, 3.63) is 45.1 Å². The number of carboxylic acids is 3. The van der Waals surface area contributed by atoms with Crippen molar-refractivity contribution in [2.75, 3.05) is 45.5 Å². The van der Waals surface area contributed by atoms with Gasteiger partial charge in [-0.05, 0) is 19.1 Å². The minimum Gasteiger partial charge on any atom is -0.504 e. The van der Waals surface area contributed by atoms with Crippen LogP contribution in [0.4, 0.5) is 5.13 Å². The van der Waals surface area contributed by atoms with Gasteiger partial charge in [-0.3, -0.25) is 24.1 Å². The summed E-state index contributed by atoms with van der Waals surface area (Å²) >= 11 is 8.35. The van der Waals surface area contributed by atoms with E-state index in [0.717, 1.165) is 16.2 Å². The van der Waals surface area contributed by atoms with Gasteiger partial charge in [0.15, 0.2) is 22.3 Å². The topological polar surface area (TPSA) is 283 Å². The van der Waals surface area contributed by atoms with Crippen molar-refractivity contribution < 1.29 is 63.6 Å². The summed E-state index contributed by atoms with van der Waals surface area (Å²) in [7, 11) is 2.00. The van der Waals surface area contributed by atoms with Crippen LogP contribution in [-0.2, 0) is 28.8 Å². The molecule has 8 N–H and O–H groups in total. The highest BCUT2D eigenvalue weighted by molar-refractivity contribution is 8.00. The zero-order chi connectivity index (χ0) is 39.4. The average Bonchev–Trinajstić information content (AvgIpc) is 3.78. The van der Waals surface area contributed by atoms with Crippen molar-refractivity contribution in [3.63, 3.8) is 0 Å². The number of carbonyl (C=O) groups is 6. The predicted molar refractivity (Wildman–Crippen MR) is 191 cm³/mol. The van der Waals surface area contributed by atoms with Gasteiger partial charge in [0.05, 0.1) is 37.1 Å². The second kappa shape index (κ2) is 14.6. The number of thiazole rings is 1. The molecule has 0 spiro atoms. The normalized spacial score (nSPS) is 26.8. The minimum absolute atomic E-state index is 0.0288. The number of amides is 3. The molecule has 1 aromatic carbocycles. The largest absolute Gasteiger partial charge is 0.504 e. The van der Waals surface area contributed by atoms with Gasteiger partial charge in [0.1, 0.15) is 29.4 Å². The number of aliphatic carboxylic acids is 3. The number of nitrogen functional groups attached to an aromatic ring is 1. The number of aromatic hydroxyl groups is 2. The van der Waals surface area contributed by atoms with Gasteiger partial charge in [0, 0.05) is 41.1 Å². The number of aromatic nitrogens is 1. The Kier molecular flexibility index (Phi) is 10.4. The number of quaternary nitrogens is 1. The minimum atomic E-state index is -1.94.